The Morgan fingerprint density at radius 3 is 2.00 bits per heavy atom. The van der Waals surface area contributed by atoms with Crippen molar-refractivity contribution in [2.75, 3.05) is 0 Å². The fourth-order valence-corrected chi connectivity index (χ4v) is 3.80. The van der Waals surface area contributed by atoms with Crippen LogP contribution in [0.15, 0.2) is 78.9 Å². The highest BCUT2D eigenvalue weighted by Crippen LogP contribution is 2.39. The van der Waals surface area contributed by atoms with Gasteiger partial charge in [0.2, 0.25) is 0 Å². The summed E-state index contributed by atoms with van der Waals surface area (Å²) in [6.07, 6.45) is 0.902. The van der Waals surface area contributed by atoms with Gasteiger partial charge in [-0.3, -0.25) is 5.11 Å². The van der Waals surface area contributed by atoms with Gasteiger partial charge in [-0.05, 0) is 51.2 Å². The summed E-state index contributed by atoms with van der Waals surface area (Å²) >= 11 is 0. The van der Waals surface area contributed by atoms with Gasteiger partial charge in [0.1, 0.15) is 0 Å². The molecule has 0 bridgehead atoms. The average Bonchev–Trinajstić information content (AvgIpc) is 2.63. The van der Waals surface area contributed by atoms with Crippen LogP contribution in [0.25, 0.3) is 32.3 Å². The summed E-state index contributed by atoms with van der Waals surface area (Å²) in [5, 5.41) is 19.0. The minimum atomic E-state index is 0.102. The van der Waals surface area contributed by atoms with Crippen molar-refractivity contribution in [1.82, 2.24) is 0 Å². The van der Waals surface area contributed by atoms with Crippen molar-refractivity contribution in [3.63, 3.8) is 0 Å². The molecular formula is C23H15O. The Morgan fingerprint density at radius 1 is 0.583 bits per heavy atom. The van der Waals surface area contributed by atoms with E-state index in [2.05, 4.69) is 54.6 Å². The first-order valence-electron chi connectivity index (χ1n) is 8.21. The maximum absolute atomic E-state index is 12.3. The minimum Gasteiger partial charge on any atom is -0.289 e. The Bertz CT molecular complexity index is 1170. The molecule has 0 saturated heterocycles. The van der Waals surface area contributed by atoms with Gasteiger partial charge in [0, 0.05) is 10.8 Å². The molecule has 0 spiro atoms. The Balaban J connectivity index is 1.85. The third-order valence-corrected chi connectivity index (χ3v) is 4.95. The molecule has 24 heavy (non-hydrogen) atoms. The van der Waals surface area contributed by atoms with Gasteiger partial charge in [0.25, 0.3) is 0 Å². The summed E-state index contributed by atoms with van der Waals surface area (Å²) in [4.78, 5) is 0. The van der Waals surface area contributed by atoms with E-state index in [1.54, 1.807) is 6.07 Å². The molecule has 1 heteroatoms. The van der Waals surface area contributed by atoms with Crippen LogP contribution in [0.1, 0.15) is 11.1 Å². The number of benzene rings is 5. The van der Waals surface area contributed by atoms with Crippen LogP contribution in [0, 0.1) is 0 Å². The van der Waals surface area contributed by atoms with Crippen molar-refractivity contribution in [2.45, 2.75) is 6.42 Å². The van der Waals surface area contributed by atoms with E-state index in [0.29, 0.717) is 0 Å². The summed E-state index contributed by atoms with van der Waals surface area (Å²) in [6, 6.07) is 26.9. The maximum Gasteiger partial charge on any atom is 0.186 e. The highest BCUT2D eigenvalue weighted by atomic mass is 16.3. The van der Waals surface area contributed by atoms with E-state index in [4.69, 9.17) is 0 Å². The Morgan fingerprint density at radius 2 is 1.21 bits per heavy atom. The summed E-state index contributed by atoms with van der Waals surface area (Å²) in [6.45, 7) is 0. The fraction of sp³-hybridized carbons (Fsp3) is 0.0435. The van der Waals surface area contributed by atoms with Crippen molar-refractivity contribution in [3.8, 4) is 5.75 Å². The van der Waals surface area contributed by atoms with Crippen LogP contribution in [0.2, 0.25) is 0 Å². The molecule has 0 aliphatic rings. The molecule has 5 aromatic carbocycles. The van der Waals surface area contributed by atoms with Crippen LogP contribution >= 0.6 is 0 Å². The highest BCUT2D eigenvalue weighted by molar-refractivity contribution is 6.24. The number of hydrogen-bond donors (Lipinski definition) is 0. The molecule has 5 aromatic rings. The molecule has 1 nitrogen and oxygen atoms in total. The molecule has 0 N–H and O–H groups in total. The van der Waals surface area contributed by atoms with E-state index in [0.717, 1.165) is 22.6 Å². The van der Waals surface area contributed by atoms with Crippen LogP contribution in [-0.2, 0) is 11.5 Å². The zero-order valence-corrected chi connectivity index (χ0v) is 13.1. The van der Waals surface area contributed by atoms with E-state index in [-0.39, 0.29) is 5.75 Å². The van der Waals surface area contributed by atoms with Gasteiger partial charge in [0.05, 0.1) is 0 Å². The van der Waals surface area contributed by atoms with Crippen LogP contribution in [0.4, 0.5) is 0 Å². The molecule has 0 saturated carbocycles. The first kappa shape index (κ1) is 13.4. The molecule has 0 aliphatic heterocycles. The van der Waals surface area contributed by atoms with Gasteiger partial charge >= 0.3 is 0 Å². The summed E-state index contributed by atoms with van der Waals surface area (Å²) < 4.78 is 0. The zero-order chi connectivity index (χ0) is 16.1. The lowest BCUT2D eigenvalue weighted by Gasteiger charge is -2.14. The van der Waals surface area contributed by atoms with Gasteiger partial charge in [-0.2, -0.15) is 0 Å². The fourth-order valence-electron chi connectivity index (χ4n) is 3.80. The van der Waals surface area contributed by atoms with E-state index in [1.165, 1.54) is 27.3 Å². The van der Waals surface area contributed by atoms with Gasteiger partial charge in [-0.1, -0.05) is 66.7 Å². The van der Waals surface area contributed by atoms with Crippen LogP contribution in [-0.4, -0.2) is 0 Å². The second kappa shape index (κ2) is 4.97. The van der Waals surface area contributed by atoms with E-state index in [9.17, 15) is 5.11 Å². The van der Waals surface area contributed by atoms with E-state index >= 15 is 0 Å². The average molecular weight is 307 g/mol. The smallest absolute Gasteiger partial charge is 0.186 e. The van der Waals surface area contributed by atoms with Crippen LogP contribution in [0.5, 0.6) is 5.75 Å². The maximum atomic E-state index is 12.3. The first-order chi connectivity index (χ1) is 11.8. The normalized spacial score (nSPS) is 11.7. The minimum absolute atomic E-state index is 0.102. The van der Waals surface area contributed by atoms with Gasteiger partial charge in [-0.15, -0.1) is 0 Å². The number of hydrogen-bond acceptors (Lipinski definition) is 0. The molecule has 0 atom stereocenters. The Kier molecular flexibility index (Phi) is 2.77. The third-order valence-electron chi connectivity index (χ3n) is 4.95. The predicted octanol–water partition coefficient (Wildman–Crippen LogP) is 6.32. The second-order valence-electron chi connectivity index (χ2n) is 6.37. The predicted molar refractivity (Wildman–Crippen MR) is 99.5 cm³/mol. The lowest BCUT2D eigenvalue weighted by molar-refractivity contribution is 0.360. The molecule has 0 amide bonds. The molecule has 0 fully saturated rings. The third kappa shape index (κ3) is 1.88. The van der Waals surface area contributed by atoms with Crippen molar-refractivity contribution in [1.29, 1.82) is 0 Å². The van der Waals surface area contributed by atoms with Crippen molar-refractivity contribution >= 4 is 32.3 Å². The molecule has 0 heterocycles. The van der Waals surface area contributed by atoms with E-state index < -0.39 is 0 Å². The lowest BCUT2D eigenvalue weighted by Crippen LogP contribution is -1.92. The van der Waals surface area contributed by atoms with Crippen molar-refractivity contribution < 1.29 is 5.11 Å². The molecule has 5 rings (SSSR count). The SMILES string of the molecule is [O]c1ccc2ccc3c(Cc4ccccc4)ccc4ccc1c2c43. The van der Waals surface area contributed by atoms with Crippen molar-refractivity contribution in [2.24, 2.45) is 0 Å². The quantitative estimate of drug-likeness (QED) is 0.340. The standard InChI is InChI=1S/C23H15O/c24-21-13-10-17-8-11-19-18(14-15-4-2-1-3-5-15)7-6-16-9-12-20(21)23(17)22(16)19/h1-13H,14H2. The summed E-state index contributed by atoms with van der Waals surface area (Å²) in [7, 11) is 0. The Hall–Kier alpha value is -3.06. The zero-order valence-electron chi connectivity index (χ0n) is 13.1. The molecule has 0 aliphatic carbocycles. The Labute approximate surface area is 140 Å². The highest BCUT2D eigenvalue weighted by Gasteiger charge is 2.13. The van der Waals surface area contributed by atoms with Crippen LogP contribution in [0.3, 0.4) is 0 Å². The summed E-state index contributed by atoms with van der Waals surface area (Å²) in [5.41, 5.74) is 2.61. The summed E-state index contributed by atoms with van der Waals surface area (Å²) in [5.74, 6) is 0.102. The molecule has 0 aromatic heterocycles. The largest absolute Gasteiger partial charge is 0.289 e. The van der Waals surface area contributed by atoms with Gasteiger partial charge < -0.3 is 0 Å². The van der Waals surface area contributed by atoms with Gasteiger partial charge in [0.15, 0.2) is 5.75 Å². The second-order valence-corrected chi connectivity index (χ2v) is 6.37. The van der Waals surface area contributed by atoms with Gasteiger partial charge in [-0.25, -0.2) is 0 Å². The first-order valence-corrected chi connectivity index (χ1v) is 8.21. The van der Waals surface area contributed by atoms with Crippen molar-refractivity contribution in [3.05, 3.63) is 90.0 Å². The molecule has 113 valence electrons. The molecule has 0 unspecified atom stereocenters. The van der Waals surface area contributed by atoms with E-state index in [1.807, 2.05) is 18.2 Å². The number of rotatable bonds is 2. The van der Waals surface area contributed by atoms with Crippen LogP contribution < -0.4 is 0 Å². The molecular weight excluding hydrogens is 292 g/mol. The lowest BCUT2D eigenvalue weighted by atomic mass is 9.90. The monoisotopic (exact) mass is 307 g/mol. The topological polar surface area (TPSA) is 19.9 Å². The molecule has 1 radical (unpaired) electrons.